The maximum atomic E-state index is 13.0. The molecule has 22 heavy (non-hydrogen) atoms. The van der Waals surface area contributed by atoms with Gasteiger partial charge in [0.25, 0.3) is 0 Å². The lowest BCUT2D eigenvalue weighted by atomic mass is 10.2. The highest BCUT2D eigenvalue weighted by Gasteiger charge is 2.13. The Labute approximate surface area is 133 Å². The number of benzene rings is 1. The number of hydrogen-bond donors (Lipinski definition) is 1. The molecule has 0 bridgehead atoms. The minimum absolute atomic E-state index is 0.0231. The van der Waals surface area contributed by atoms with Gasteiger partial charge in [-0.3, -0.25) is 4.79 Å². The lowest BCUT2D eigenvalue weighted by molar-refractivity contribution is -0.118. The zero-order chi connectivity index (χ0) is 16.1. The van der Waals surface area contributed by atoms with Crippen molar-refractivity contribution in [1.82, 2.24) is 20.1 Å². The molecule has 1 aromatic heterocycles. The molecule has 0 aliphatic rings. The third-order valence-electron chi connectivity index (χ3n) is 2.98. The minimum atomic E-state index is -0.289. The van der Waals surface area contributed by atoms with Crippen LogP contribution in [0.25, 0.3) is 11.4 Å². The SMILES string of the molecule is CC(C)CNC(=O)CSc1nnc(-c2ccc(F)cc2)n1C. The third-order valence-corrected chi connectivity index (χ3v) is 4.00. The van der Waals surface area contributed by atoms with Gasteiger partial charge in [0, 0.05) is 19.2 Å². The van der Waals surface area contributed by atoms with Crippen LogP contribution in [-0.2, 0) is 11.8 Å². The number of halogens is 1. The summed E-state index contributed by atoms with van der Waals surface area (Å²) in [6, 6.07) is 6.08. The van der Waals surface area contributed by atoms with Gasteiger partial charge >= 0.3 is 0 Å². The second kappa shape index (κ2) is 7.40. The molecule has 1 heterocycles. The first-order valence-corrected chi connectivity index (χ1v) is 8.00. The number of carbonyl (C=O) groups is 1. The van der Waals surface area contributed by atoms with E-state index in [1.807, 2.05) is 20.9 Å². The number of amides is 1. The number of nitrogens with zero attached hydrogens (tertiary/aromatic N) is 3. The van der Waals surface area contributed by atoms with Crippen LogP contribution in [0.2, 0.25) is 0 Å². The monoisotopic (exact) mass is 322 g/mol. The van der Waals surface area contributed by atoms with Crippen molar-refractivity contribution >= 4 is 17.7 Å². The molecule has 0 saturated carbocycles. The van der Waals surface area contributed by atoms with Gasteiger partial charge in [-0.1, -0.05) is 25.6 Å². The van der Waals surface area contributed by atoms with Crippen LogP contribution in [0, 0.1) is 11.7 Å². The number of aromatic nitrogens is 3. The molecule has 0 aliphatic carbocycles. The van der Waals surface area contributed by atoms with Crippen LogP contribution in [-0.4, -0.2) is 33.0 Å². The van der Waals surface area contributed by atoms with E-state index in [0.717, 1.165) is 5.56 Å². The standard InChI is InChI=1S/C15H19FN4OS/c1-10(2)8-17-13(21)9-22-15-19-18-14(20(15)3)11-4-6-12(16)7-5-11/h4-7,10H,8-9H2,1-3H3,(H,17,21). The summed E-state index contributed by atoms with van der Waals surface area (Å²) in [5.41, 5.74) is 0.785. The molecule has 7 heteroatoms. The van der Waals surface area contributed by atoms with Crippen molar-refractivity contribution in [2.24, 2.45) is 13.0 Å². The van der Waals surface area contributed by atoms with Crippen molar-refractivity contribution in [1.29, 1.82) is 0 Å². The van der Waals surface area contributed by atoms with Crippen molar-refractivity contribution in [3.8, 4) is 11.4 Å². The van der Waals surface area contributed by atoms with E-state index in [4.69, 9.17) is 0 Å². The van der Waals surface area contributed by atoms with Crippen molar-refractivity contribution < 1.29 is 9.18 Å². The van der Waals surface area contributed by atoms with Gasteiger partial charge in [0.1, 0.15) is 5.82 Å². The second-order valence-corrected chi connectivity index (χ2v) is 6.30. The predicted molar refractivity (Wildman–Crippen MR) is 85.0 cm³/mol. The first-order valence-electron chi connectivity index (χ1n) is 7.02. The zero-order valence-electron chi connectivity index (χ0n) is 12.8. The Kier molecular flexibility index (Phi) is 5.54. The number of rotatable bonds is 6. The first-order chi connectivity index (χ1) is 10.5. The first kappa shape index (κ1) is 16.5. The Bertz CT molecular complexity index is 639. The summed E-state index contributed by atoms with van der Waals surface area (Å²) in [6.07, 6.45) is 0. The predicted octanol–water partition coefficient (Wildman–Crippen LogP) is 2.49. The molecule has 1 amide bonds. The van der Waals surface area contributed by atoms with E-state index in [1.165, 1.54) is 23.9 Å². The molecule has 118 valence electrons. The van der Waals surface area contributed by atoms with Crippen LogP contribution >= 0.6 is 11.8 Å². The summed E-state index contributed by atoms with van der Waals surface area (Å²) in [7, 11) is 1.83. The number of carbonyl (C=O) groups excluding carboxylic acids is 1. The summed E-state index contributed by atoms with van der Waals surface area (Å²) in [4.78, 5) is 11.7. The highest BCUT2D eigenvalue weighted by molar-refractivity contribution is 7.99. The van der Waals surface area contributed by atoms with Crippen LogP contribution in [0.5, 0.6) is 0 Å². The Morgan fingerprint density at radius 1 is 1.32 bits per heavy atom. The van der Waals surface area contributed by atoms with E-state index in [1.54, 1.807) is 16.7 Å². The highest BCUT2D eigenvalue weighted by Crippen LogP contribution is 2.22. The van der Waals surface area contributed by atoms with E-state index in [9.17, 15) is 9.18 Å². The van der Waals surface area contributed by atoms with Gasteiger partial charge in [0.15, 0.2) is 11.0 Å². The van der Waals surface area contributed by atoms with Crippen LogP contribution in [0.15, 0.2) is 29.4 Å². The van der Waals surface area contributed by atoms with Gasteiger partial charge < -0.3 is 9.88 Å². The fraction of sp³-hybridized carbons (Fsp3) is 0.400. The van der Waals surface area contributed by atoms with Crippen molar-refractivity contribution in [2.45, 2.75) is 19.0 Å². The molecule has 2 aromatic rings. The highest BCUT2D eigenvalue weighted by atomic mass is 32.2. The van der Waals surface area contributed by atoms with Gasteiger partial charge in [-0.05, 0) is 30.2 Å². The van der Waals surface area contributed by atoms with Crippen molar-refractivity contribution in [3.05, 3.63) is 30.1 Å². The smallest absolute Gasteiger partial charge is 0.230 e. The quantitative estimate of drug-likeness (QED) is 0.830. The number of thioether (sulfide) groups is 1. The Morgan fingerprint density at radius 3 is 2.64 bits per heavy atom. The van der Waals surface area contributed by atoms with E-state index in [-0.39, 0.29) is 11.7 Å². The average Bonchev–Trinajstić information content (AvgIpc) is 2.85. The molecular formula is C15H19FN4OS. The largest absolute Gasteiger partial charge is 0.355 e. The van der Waals surface area contributed by atoms with Crippen LogP contribution < -0.4 is 5.32 Å². The number of nitrogens with one attached hydrogen (secondary N) is 1. The van der Waals surface area contributed by atoms with E-state index < -0.39 is 0 Å². The topological polar surface area (TPSA) is 59.8 Å². The maximum absolute atomic E-state index is 13.0. The Morgan fingerprint density at radius 2 is 2.00 bits per heavy atom. The average molecular weight is 322 g/mol. The molecule has 0 unspecified atom stereocenters. The molecule has 0 atom stereocenters. The molecule has 0 aliphatic heterocycles. The lowest BCUT2D eigenvalue weighted by Gasteiger charge is -2.07. The molecular weight excluding hydrogens is 303 g/mol. The molecule has 0 saturated heterocycles. The lowest BCUT2D eigenvalue weighted by Crippen LogP contribution is -2.28. The normalized spacial score (nSPS) is 11.0. The summed E-state index contributed by atoms with van der Waals surface area (Å²) < 4.78 is 14.8. The summed E-state index contributed by atoms with van der Waals surface area (Å²) >= 11 is 1.33. The molecule has 1 aromatic carbocycles. The summed E-state index contributed by atoms with van der Waals surface area (Å²) in [6.45, 7) is 4.76. The molecule has 5 nitrogen and oxygen atoms in total. The van der Waals surface area contributed by atoms with Crippen molar-refractivity contribution in [3.63, 3.8) is 0 Å². The molecule has 2 rings (SSSR count). The van der Waals surface area contributed by atoms with Gasteiger partial charge in [0.2, 0.25) is 5.91 Å². The van der Waals surface area contributed by atoms with Gasteiger partial charge in [-0.15, -0.1) is 10.2 Å². The molecule has 0 spiro atoms. The third kappa shape index (κ3) is 4.30. The van der Waals surface area contributed by atoms with Crippen LogP contribution in [0.3, 0.4) is 0 Å². The Balaban J connectivity index is 1.99. The second-order valence-electron chi connectivity index (χ2n) is 5.36. The molecule has 1 N–H and O–H groups in total. The zero-order valence-corrected chi connectivity index (χ0v) is 13.7. The van der Waals surface area contributed by atoms with Crippen molar-refractivity contribution in [2.75, 3.05) is 12.3 Å². The summed E-state index contributed by atoms with van der Waals surface area (Å²) in [5, 5.41) is 11.7. The fourth-order valence-electron chi connectivity index (χ4n) is 1.79. The summed E-state index contributed by atoms with van der Waals surface area (Å²) in [5.74, 6) is 1.05. The minimum Gasteiger partial charge on any atom is -0.355 e. The van der Waals surface area contributed by atoms with Crippen LogP contribution in [0.1, 0.15) is 13.8 Å². The molecule has 0 radical (unpaired) electrons. The number of hydrogen-bond acceptors (Lipinski definition) is 4. The Hall–Kier alpha value is -1.89. The van der Waals surface area contributed by atoms with Gasteiger partial charge in [-0.25, -0.2) is 4.39 Å². The van der Waals surface area contributed by atoms with Crippen LogP contribution in [0.4, 0.5) is 4.39 Å². The fourth-order valence-corrected chi connectivity index (χ4v) is 2.53. The maximum Gasteiger partial charge on any atom is 0.230 e. The van der Waals surface area contributed by atoms with E-state index in [2.05, 4.69) is 15.5 Å². The van der Waals surface area contributed by atoms with Gasteiger partial charge in [-0.2, -0.15) is 0 Å². The van der Waals surface area contributed by atoms with E-state index in [0.29, 0.717) is 29.2 Å². The van der Waals surface area contributed by atoms with E-state index >= 15 is 0 Å². The molecule has 0 fully saturated rings. The van der Waals surface area contributed by atoms with Gasteiger partial charge in [0.05, 0.1) is 5.75 Å².